The minimum atomic E-state index is 0.368. The molecule has 0 rings (SSSR count). The predicted octanol–water partition coefficient (Wildman–Crippen LogP) is 7.30. The van der Waals surface area contributed by atoms with Gasteiger partial charge in [0.05, 0.1) is 0 Å². The lowest BCUT2D eigenvalue weighted by atomic mass is 9.54. The molecule has 0 amide bonds. The van der Waals surface area contributed by atoms with Gasteiger partial charge in [0.1, 0.15) is 0 Å². The van der Waals surface area contributed by atoms with Gasteiger partial charge in [0, 0.05) is 5.54 Å². The summed E-state index contributed by atoms with van der Waals surface area (Å²) in [6.45, 7) is 21.7. The molecule has 23 heavy (non-hydrogen) atoms. The highest BCUT2D eigenvalue weighted by atomic mass is 15.2. The largest absolute Gasteiger partial charge is 0.298 e. The van der Waals surface area contributed by atoms with Crippen molar-refractivity contribution in [3.63, 3.8) is 0 Å². The molecule has 0 fully saturated rings. The fourth-order valence-electron chi connectivity index (χ4n) is 5.92. The third-order valence-corrected chi connectivity index (χ3v) is 7.16. The standard InChI is InChI=1S/C22H47N/c1-9-17-18-19-20(10-2)21(11-3,12-4)22(13-5,14-6)23(15-7)16-8/h20H,9-19H2,1-8H3. The normalized spacial score (nSPS) is 14.5. The highest BCUT2D eigenvalue weighted by Crippen LogP contribution is 2.54. The maximum absolute atomic E-state index is 2.81. The van der Waals surface area contributed by atoms with Gasteiger partial charge in [-0.1, -0.05) is 81.1 Å². The summed E-state index contributed by atoms with van der Waals surface area (Å²) in [6.07, 6.45) is 12.1. The molecule has 1 unspecified atom stereocenters. The highest BCUT2D eigenvalue weighted by Gasteiger charge is 2.52. The minimum Gasteiger partial charge on any atom is -0.298 e. The van der Waals surface area contributed by atoms with Crippen molar-refractivity contribution in [1.29, 1.82) is 0 Å². The molecule has 0 saturated heterocycles. The van der Waals surface area contributed by atoms with Crippen molar-refractivity contribution in [3.8, 4) is 0 Å². The second-order valence-corrected chi connectivity index (χ2v) is 7.38. The van der Waals surface area contributed by atoms with Crippen LogP contribution in [-0.4, -0.2) is 23.5 Å². The van der Waals surface area contributed by atoms with E-state index in [0.29, 0.717) is 11.0 Å². The SMILES string of the molecule is CCCCCC(CC)C(CC)(CC)C(CC)(CC)N(CC)CC. The van der Waals surface area contributed by atoms with Gasteiger partial charge in [0.15, 0.2) is 0 Å². The molecule has 140 valence electrons. The van der Waals surface area contributed by atoms with Gasteiger partial charge in [-0.25, -0.2) is 0 Å². The number of unbranched alkanes of at least 4 members (excludes halogenated alkanes) is 2. The lowest BCUT2D eigenvalue weighted by Crippen LogP contribution is -2.61. The topological polar surface area (TPSA) is 3.24 Å². The van der Waals surface area contributed by atoms with E-state index in [1.54, 1.807) is 0 Å². The average molecular weight is 326 g/mol. The summed E-state index contributed by atoms with van der Waals surface area (Å²) in [5.41, 5.74) is 0.831. The van der Waals surface area contributed by atoms with Crippen LogP contribution in [0.3, 0.4) is 0 Å². The van der Waals surface area contributed by atoms with Crippen molar-refractivity contribution in [2.75, 3.05) is 13.1 Å². The van der Waals surface area contributed by atoms with Crippen LogP contribution in [0.4, 0.5) is 0 Å². The van der Waals surface area contributed by atoms with Gasteiger partial charge < -0.3 is 0 Å². The van der Waals surface area contributed by atoms with Gasteiger partial charge in [0.25, 0.3) is 0 Å². The van der Waals surface area contributed by atoms with Crippen LogP contribution in [0.5, 0.6) is 0 Å². The van der Waals surface area contributed by atoms with E-state index in [9.17, 15) is 0 Å². The first kappa shape index (κ1) is 23.0. The van der Waals surface area contributed by atoms with Crippen molar-refractivity contribution in [3.05, 3.63) is 0 Å². The van der Waals surface area contributed by atoms with Crippen LogP contribution in [0.15, 0.2) is 0 Å². The summed E-state index contributed by atoms with van der Waals surface area (Å²) in [5, 5.41) is 0. The summed E-state index contributed by atoms with van der Waals surface area (Å²) < 4.78 is 0. The molecule has 0 aromatic rings. The fourth-order valence-corrected chi connectivity index (χ4v) is 5.92. The maximum Gasteiger partial charge on any atom is 0.0262 e. The Morgan fingerprint density at radius 1 is 0.696 bits per heavy atom. The number of rotatable bonds is 14. The summed E-state index contributed by atoms with van der Waals surface area (Å²) >= 11 is 0. The van der Waals surface area contributed by atoms with Crippen molar-refractivity contribution in [2.45, 2.75) is 119 Å². The lowest BCUT2D eigenvalue weighted by molar-refractivity contribution is -0.0864. The van der Waals surface area contributed by atoms with Crippen LogP contribution in [0, 0.1) is 11.3 Å². The fraction of sp³-hybridized carbons (Fsp3) is 1.00. The van der Waals surface area contributed by atoms with Crippen molar-refractivity contribution in [1.82, 2.24) is 4.90 Å². The van der Waals surface area contributed by atoms with E-state index in [-0.39, 0.29) is 0 Å². The Balaban J connectivity index is 5.88. The molecular formula is C22H47N. The van der Waals surface area contributed by atoms with Crippen LogP contribution in [0.25, 0.3) is 0 Å². The summed E-state index contributed by atoms with van der Waals surface area (Å²) in [6, 6.07) is 0. The molecule has 0 N–H and O–H groups in total. The van der Waals surface area contributed by atoms with E-state index >= 15 is 0 Å². The van der Waals surface area contributed by atoms with Gasteiger partial charge in [-0.05, 0) is 56.5 Å². The average Bonchev–Trinajstić information content (AvgIpc) is 2.60. The molecule has 0 bridgehead atoms. The Labute approximate surface area is 148 Å². The quantitative estimate of drug-likeness (QED) is 0.303. The van der Waals surface area contributed by atoms with E-state index in [1.165, 1.54) is 70.9 Å². The van der Waals surface area contributed by atoms with Gasteiger partial charge in [-0.3, -0.25) is 4.90 Å². The molecular weight excluding hydrogens is 278 g/mol. The Hall–Kier alpha value is -0.0400. The molecule has 0 aliphatic rings. The zero-order chi connectivity index (χ0) is 17.9. The Kier molecular flexibility index (Phi) is 11.5. The highest BCUT2D eigenvalue weighted by molar-refractivity contribution is 5.06. The van der Waals surface area contributed by atoms with E-state index in [0.717, 1.165) is 5.92 Å². The molecule has 0 aliphatic heterocycles. The van der Waals surface area contributed by atoms with Gasteiger partial charge in [-0.2, -0.15) is 0 Å². The van der Waals surface area contributed by atoms with Crippen LogP contribution in [-0.2, 0) is 0 Å². The van der Waals surface area contributed by atoms with Gasteiger partial charge >= 0.3 is 0 Å². The van der Waals surface area contributed by atoms with E-state index in [1.807, 2.05) is 0 Å². The predicted molar refractivity (Wildman–Crippen MR) is 107 cm³/mol. The molecule has 1 atom stereocenters. The number of hydrogen-bond donors (Lipinski definition) is 0. The first-order valence-corrected chi connectivity index (χ1v) is 10.8. The van der Waals surface area contributed by atoms with Crippen LogP contribution in [0.1, 0.15) is 113 Å². The van der Waals surface area contributed by atoms with E-state index in [4.69, 9.17) is 0 Å². The van der Waals surface area contributed by atoms with Gasteiger partial charge in [-0.15, -0.1) is 0 Å². The van der Waals surface area contributed by atoms with Crippen molar-refractivity contribution in [2.24, 2.45) is 11.3 Å². The third kappa shape index (κ3) is 4.53. The summed E-state index contributed by atoms with van der Waals surface area (Å²) in [5.74, 6) is 0.865. The zero-order valence-electron chi connectivity index (χ0n) is 17.8. The Bertz CT molecular complexity index is 272. The van der Waals surface area contributed by atoms with Crippen LogP contribution in [0.2, 0.25) is 0 Å². The number of hydrogen-bond acceptors (Lipinski definition) is 1. The van der Waals surface area contributed by atoms with Crippen molar-refractivity contribution >= 4 is 0 Å². The Morgan fingerprint density at radius 2 is 1.22 bits per heavy atom. The molecule has 0 aromatic heterocycles. The van der Waals surface area contributed by atoms with Crippen molar-refractivity contribution < 1.29 is 0 Å². The smallest absolute Gasteiger partial charge is 0.0262 e. The number of nitrogens with zero attached hydrogens (tertiary/aromatic N) is 1. The molecule has 0 aromatic carbocycles. The second-order valence-electron chi connectivity index (χ2n) is 7.38. The molecule has 0 saturated carbocycles. The summed E-state index contributed by atoms with van der Waals surface area (Å²) in [7, 11) is 0. The van der Waals surface area contributed by atoms with Crippen LogP contribution >= 0.6 is 0 Å². The molecule has 1 heteroatoms. The maximum atomic E-state index is 2.81. The lowest BCUT2D eigenvalue weighted by Gasteiger charge is -2.59. The molecule has 0 aliphatic carbocycles. The molecule has 1 nitrogen and oxygen atoms in total. The minimum absolute atomic E-state index is 0.368. The van der Waals surface area contributed by atoms with E-state index in [2.05, 4.69) is 60.3 Å². The summed E-state index contributed by atoms with van der Waals surface area (Å²) in [4.78, 5) is 2.81. The third-order valence-electron chi connectivity index (χ3n) is 7.16. The first-order valence-electron chi connectivity index (χ1n) is 10.8. The molecule has 0 spiro atoms. The first-order chi connectivity index (χ1) is 11.0. The van der Waals surface area contributed by atoms with Gasteiger partial charge in [0.2, 0.25) is 0 Å². The molecule has 0 heterocycles. The van der Waals surface area contributed by atoms with E-state index < -0.39 is 0 Å². The zero-order valence-corrected chi connectivity index (χ0v) is 17.8. The second kappa shape index (κ2) is 11.5. The molecule has 0 radical (unpaired) electrons. The van der Waals surface area contributed by atoms with Crippen LogP contribution < -0.4 is 0 Å². The Morgan fingerprint density at radius 3 is 1.52 bits per heavy atom. The monoisotopic (exact) mass is 325 g/mol.